The third-order valence-electron chi connectivity index (χ3n) is 3.21. The molecule has 0 saturated heterocycles. The minimum Gasteiger partial charge on any atom is -0.360 e. The molecule has 1 aliphatic rings. The molecule has 3 rings (SSSR count). The Hall–Kier alpha value is -0.990. The Morgan fingerprint density at radius 1 is 1.40 bits per heavy atom. The maximum absolute atomic E-state index is 6.17. The van der Waals surface area contributed by atoms with E-state index < -0.39 is 0 Å². The summed E-state index contributed by atoms with van der Waals surface area (Å²) in [6.45, 7) is 3.23. The first-order valence-corrected chi connectivity index (χ1v) is 5.67. The average molecular weight is 221 g/mol. The molecular formula is C12H13ClN2. The Kier molecular flexibility index (Phi) is 2.01. The smallest absolute Gasteiger partial charge is 0.0649 e. The van der Waals surface area contributed by atoms with Crippen molar-refractivity contribution in [3.05, 3.63) is 34.5 Å². The molecule has 1 aliphatic heterocycles. The second-order valence-corrected chi connectivity index (χ2v) is 4.53. The van der Waals surface area contributed by atoms with E-state index in [4.69, 9.17) is 11.6 Å². The predicted octanol–water partition coefficient (Wildman–Crippen LogP) is 3.03. The van der Waals surface area contributed by atoms with Crippen LogP contribution in [0.3, 0.4) is 0 Å². The zero-order valence-electron chi connectivity index (χ0n) is 8.60. The zero-order chi connectivity index (χ0) is 10.4. The van der Waals surface area contributed by atoms with Gasteiger partial charge >= 0.3 is 0 Å². The molecule has 0 saturated carbocycles. The standard InChI is InChI=1S/C12H13ClN2/c1-7-9-2-3-10(13)12-11(9)8(6-15-12)4-5-14-7/h2-3,6-7,14-15H,4-5H2,1H3. The summed E-state index contributed by atoms with van der Waals surface area (Å²) >= 11 is 6.17. The van der Waals surface area contributed by atoms with Crippen LogP contribution >= 0.6 is 11.6 Å². The van der Waals surface area contributed by atoms with E-state index in [1.165, 1.54) is 16.5 Å². The summed E-state index contributed by atoms with van der Waals surface area (Å²) < 4.78 is 0. The Morgan fingerprint density at radius 3 is 3.13 bits per heavy atom. The Balaban J connectivity index is 2.41. The van der Waals surface area contributed by atoms with Crippen LogP contribution in [0.15, 0.2) is 18.3 Å². The second kappa shape index (κ2) is 3.26. The van der Waals surface area contributed by atoms with Gasteiger partial charge in [-0.2, -0.15) is 0 Å². The fourth-order valence-electron chi connectivity index (χ4n) is 2.40. The van der Waals surface area contributed by atoms with E-state index in [-0.39, 0.29) is 0 Å². The van der Waals surface area contributed by atoms with Gasteiger partial charge in [-0.15, -0.1) is 0 Å². The summed E-state index contributed by atoms with van der Waals surface area (Å²) in [5.74, 6) is 0. The zero-order valence-corrected chi connectivity index (χ0v) is 9.36. The van der Waals surface area contributed by atoms with Gasteiger partial charge in [0.05, 0.1) is 10.5 Å². The molecule has 3 heteroatoms. The summed E-state index contributed by atoms with van der Waals surface area (Å²) in [6.07, 6.45) is 3.15. The lowest BCUT2D eigenvalue weighted by Gasteiger charge is -2.12. The number of nitrogens with one attached hydrogen (secondary N) is 2. The van der Waals surface area contributed by atoms with E-state index in [2.05, 4.69) is 29.5 Å². The van der Waals surface area contributed by atoms with Crippen molar-refractivity contribution in [3.8, 4) is 0 Å². The van der Waals surface area contributed by atoms with Crippen LogP contribution in [0.2, 0.25) is 5.02 Å². The molecule has 1 unspecified atom stereocenters. The normalized spacial score (nSPS) is 20.5. The van der Waals surface area contributed by atoms with Crippen molar-refractivity contribution < 1.29 is 0 Å². The highest BCUT2D eigenvalue weighted by Crippen LogP contribution is 2.33. The van der Waals surface area contributed by atoms with E-state index in [1.54, 1.807) is 0 Å². The van der Waals surface area contributed by atoms with Crippen molar-refractivity contribution in [1.29, 1.82) is 0 Å². The van der Waals surface area contributed by atoms with Crippen molar-refractivity contribution in [2.75, 3.05) is 6.54 Å². The highest BCUT2D eigenvalue weighted by atomic mass is 35.5. The highest BCUT2D eigenvalue weighted by Gasteiger charge is 2.18. The van der Waals surface area contributed by atoms with Crippen molar-refractivity contribution in [2.24, 2.45) is 0 Å². The molecule has 0 bridgehead atoms. The summed E-state index contributed by atoms with van der Waals surface area (Å²) in [5.41, 5.74) is 3.81. The minimum absolute atomic E-state index is 0.404. The molecule has 1 aromatic heterocycles. The van der Waals surface area contributed by atoms with Gasteiger partial charge in [-0.1, -0.05) is 17.7 Å². The summed E-state index contributed by atoms with van der Waals surface area (Å²) in [6, 6.07) is 4.51. The molecule has 15 heavy (non-hydrogen) atoms. The molecule has 1 atom stereocenters. The average Bonchev–Trinajstić information content (AvgIpc) is 2.57. The maximum atomic E-state index is 6.17. The Bertz CT molecular complexity index is 516. The SMILES string of the molecule is CC1NCCc2c[nH]c3c(Cl)ccc1c23. The molecule has 0 radical (unpaired) electrons. The van der Waals surface area contributed by atoms with Crippen LogP contribution in [-0.4, -0.2) is 11.5 Å². The Labute approximate surface area is 93.6 Å². The molecule has 2 heterocycles. The Morgan fingerprint density at radius 2 is 2.27 bits per heavy atom. The molecule has 0 aliphatic carbocycles. The first kappa shape index (κ1) is 9.25. The summed E-state index contributed by atoms with van der Waals surface area (Å²) in [7, 11) is 0. The van der Waals surface area contributed by atoms with Gasteiger partial charge < -0.3 is 10.3 Å². The van der Waals surface area contributed by atoms with E-state index >= 15 is 0 Å². The van der Waals surface area contributed by atoms with Gasteiger partial charge in [0.15, 0.2) is 0 Å². The van der Waals surface area contributed by atoms with Gasteiger partial charge in [-0.25, -0.2) is 0 Å². The number of aromatic nitrogens is 1. The van der Waals surface area contributed by atoms with Crippen LogP contribution in [0.1, 0.15) is 24.1 Å². The number of halogens is 1. The summed E-state index contributed by atoms with van der Waals surface area (Å²) in [5, 5.41) is 5.63. The van der Waals surface area contributed by atoms with Crippen LogP contribution in [0.4, 0.5) is 0 Å². The van der Waals surface area contributed by atoms with E-state index in [1.807, 2.05) is 6.07 Å². The lowest BCUT2D eigenvalue weighted by atomic mass is 10.0. The fourth-order valence-corrected chi connectivity index (χ4v) is 2.62. The van der Waals surface area contributed by atoms with Gasteiger partial charge in [-0.3, -0.25) is 0 Å². The molecule has 0 spiro atoms. The third kappa shape index (κ3) is 1.29. The van der Waals surface area contributed by atoms with Gasteiger partial charge in [0.1, 0.15) is 0 Å². The molecule has 2 aromatic rings. The molecule has 2 N–H and O–H groups in total. The number of hydrogen-bond donors (Lipinski definition) is 2. The van der Waals surface area contributed by atoms with Gasteiger partial charge in [0.25, 0.3) is 0 Å². The van der Waals surface area contributed by atoms with Crippen LogP contribution in [0, 0.1) is 0 Å². The van der Waals surface area contributed by atoms with E-state index in [0.29, 0.717) is 6.04 Å². The fraction of sp³-hybridized carbons (Fsp3) is 0.333. The third-order valence-corrected chi connectivity index (χ3v) is 3.52. The quantitative estimate of drug-likeness (QED) is 0.702. The molecular weight excluding hydrogens is 208 g/mol. The van der Waals surface area contributed by atoms with E-state index in [0.717, 1.165) is 23.5 Å². The van der Waals surface area contributed by atoms with E-state index in [9.17, 15) is 0 Å². The first-order chi connectivity index (χ1) is 7.27. The molecule has 2 nitrogen and oxygen atoms in total. The van der Waals surface area contributed by atoms with Crippen LogP contribution in [0.5, 0.6) is 0 Å². The van der Waals surface area contributed by atoms with Crippen LogP contribution < -0.4 is 5.32 Å². The number of hydrogen-bond acceptors (Lipinski definition) is 1. The maximum Gasteiger partial charge on any atom is 0.0649 e. The topological polar surface area (TPSA) is 27.8 Å². The second-order valence-electron chi connectivity index (χ2n) is 4.13. The van der Waals surface area contributed by atoms with Crippen molar-refractivity contribution in [3.63, 3.8) is 0 Å². The molecule has 1 aromatic carbocycles. The molecule has 0 fully saturated rings. The number of benzene rings is 1. The van der Waals surface area contributed by atoms with Crippen molar-refractivity contribution >= 4 is 22.5 Å². The van der Waals surface area contributed by atoms with Gasteiger partial charge in [0.2, 0.25) is 0 Å². The van der Waals surface area contributed by atoms with Crippen LogP contribution in [-0.2, 0) is 6.42 Å². The lowest BCUT2D eigenvalue weighted by Crippen LogP contribution is -2.18. The van der Waals surface area contributed by atoms with Crippen molar-refractivity contribution in [1.82, 2.24) is 10.3 Å². The van der Waals surface area contributed by atoms with Crippen LogP contribution in [0.25, 0.3) is 10.9 Å². The minimum atomic E-state index is 0.404. The lowest BCUT2D eigenvalue weighted by molar-refractivity contribution is 0.589. The number of aromatic amines is 1. The largest absolute Gasteiger partial charge is 0.360 e. The first-order valence-electron chi connectivity index (χ1n) is 5.29. The van der Waals surface area contributed by atoms with Gasteiger partial charge in [0, 0.05) is 17.6 Å². The van der Waals surface area contributed by atoms with Crippen molar-refractivity contribution in [2.45, 2.75) is 19.4 Å². The highest BCUT2D eigenvalue weighted by molar-refractivity contribution is 6.35. The number of rotatable bonds is 0. The summed E-state index contributed by atoms with van der Waals surface area (Å²) in [4.78, 5) is 3.28. The predicted molar refractivity (Wildman–Crippen MR) is 63.4 cm³/mol. The molecule has 0 amide bonds. The van der Waals surface area contributed by atoms with Gasteiger partial charge in [-0.05, 0) is 37.1 Å². The molecule has 78 valence electrons. The number of H-pyrrole nitrogens is 1. The monoisotopic (exact) mass is 220 g/mol.